The van der Waals surface area contributed by atoms with Gasteiger partial charge in [-0.25, -0.2) is 4.98 Å². The minimum absolute atomic E-state index is 0.402. The monoisotopic (exact) mass is 241 g/mol. The van der Waals surface area contributed by atoms with Crippen molar-refractivity contribution in [2.75, 3.05) is 0 Å². The number of imidazole rings is 1. The summed E-state index contributed by atoms with van der Waals surface area (Å²) in [5.74, 6) is 0.751. The maximum Gasteiger partial charge on any atom is 0.150 e. The highest BCUT2D eigenvalue weighted by Crippen LogP contribution is 2.17. The third kappa shape index (κ3) is 2.59. The zero-order chi connectivity index (χ0) is 10.7. The molecule has 0 aromatic carbocycles. The van der Waals surface area contributed by atoms with E-state index in [1.165, 1.54) is 4.88 Å². The van der Waals surface area contributed by atoms with Crippen molar-refractivity contribution in [3.63, 3.8) is 0 Å². The van der Waals surface area contributed by atoms with Gasteiger partial charge in [0.2, 0.25) is 0 Å². The lowest BCUT2D eigenvalue weighted by atomic mass is 10.2. The number of rotatable bonds is 4. The molecular formula is C10H12ClN3S. The van der Waals surface area contributed by atoms with Gasteiger partial charge in [-0.05, 0) is 24.3 Å². The van der Waals surface area contributed by atoms with E-state index < -0.39 is 0 Å². The van der Waals surface area contributed by atoms with E-state index in [1.807, 2.05) is 0 Å². The topological polar surface area (TPSA) is 54.7 Å². The molecule has 2 aromatic rings. The van der Waals surface area contributed by atoms with E-state index in [-0.39, 0.29) is 0 Å². The second-order valence-electron chi connectivity index (χ2n) is 3.24. The molecule has 0 bridgehead atoms. The average Bonchev–Trinajstić information content (AvgIpc) is 2.84. The number of halogens is 1. The lowest BCUT2D eigenvalue weighted by molar-refractivity contribution is 0.903. The minimum Gasteiger partial charge on any atom is -0.343 e. The highest BCUT2D eigenvalue weighted by atomic mass is 35.5. The molecule has 0 atom stereocenters. The van der Waals surface area contributed by atoms with Crippen LogP contribution in [-0.4, -0.2) is 9.97 Å². The number of nitrogens with two attached hydrogens (primary N) is 1. The summed E-state index contributed by atoms with van der Waals surface area (Å²) >= 11 is 7.73. The zero-order valence-electron chi connectivity index (χ0n) is 8.16. The molecule has 0 saturated heterocycles. The summed E-state index contributed by atoms with van der Waals surface area (Å²) in [7, 11) is 0. The molecule has 80 valence electrons. The highest BCUT2D eigenvalue weighted by molar-refractivity contribution is 7.09. The number of nitrogens with one attached hydrogen (secondary N) is 1. The molecule has 0 aliphatic carbocycles. The van der Waals surface area contributed by atoms with Gasteiger partial charge < -0.3 is 10.7 Å². The molecule has 3 N–H and O–H groups in total. The fraction of sp³-hybridized carbons (Fsp3) is 0.300. The molecule has 0 amide bonds. The van der Waals surface area contributed by atoms with E-state index in [4.69, 9.17) is 17.3 Å². The van der Waals surface area contributed by atoms with E-state index in [0.717, 1.165) is 24.4 Å². The van der Waals surface area contributed by atoms with Gasteiger partial charge in [0.1, 0.15) is 11.0 Å². The van der Waals surface area contributed by atoms with Crippen molar-refractivity contribution >= 4 is 22.9 Å². The Balaban J connectivity index is 2.01. The molecule has 2 heterocycles. The Labute approximate surface area is 97.3 Å². The number of aryl methyl sites for hydroxylation is 2. The Morgan fingerprint density at radius 3 is 2.93 bits per heavy atom. The van der Waals surface area contributed by atoms with Crippen LogP contribution in [0.2, 0.25) is 5.15 Å². The first-order valence-corrected chi connectivity index (χ1v) is 6.01. The maximum absolute atomic E-state index is 5.97. The Hall–Kier alpha value is -0.840. The molecule has 0 unspecified atom stereocenters. The summed E-state index contributed by atoms with van der Waals surface area (Å²) in [6, 6.07) is 4.18. The predicted octanol–water partition coefficient (Wildman–Crippen LogP) is 2.37. The number of H-pyrrole nitrogens is 1. The third-order valence-corrected chi connectivity index (χ3v) is 3.42. The van der Waals surface area contributed by atoms with Gasteiger partial charge in [-0.1, -0.05) is 17.7 Å². The molecule has 0 fully saturated rings. The molecule has 5 heteroatoms. The van der Waals surface area contributed by atoms with Crippen LogP contribution in [0.4, 0.5) is 0 Å². The second-order valence-corrected chi connectivity index (χ2v) is 4.63. The van der Waals surface area contributed by atoms with E-state index in [1.54, 1.807) is 11.3 Å². The Morgan fingerprint density at radius 1 is 1.47 bits per heavy atom. The Bertz CT molecular complexity index is 422. The van der Waals surface area contributed by atoms with Crippen LogP contribution in [0.3, 0.4) is 0 Å². The number of hydrogen-bond donors (Lipinski definition) is 2. The first-order valence-electron chi connectivity index (χ1n) is 4.75. The van der Waals surface area contributed by atoms with Gasteiger partial charge in [-0.15, -0.1) is 11.3 Å². The van der Waals surface area contributed by atoms with Crippen LogP contribution in [0.1, 0.15) is 16.4 Å². The first-order chi connectivity index (χ1) is 7.29. The smallest absolute Gasteiger partial charge is 0.150 e. The molecule has 15 heavy (non-hydrogen) atoms. The van der Waals surface area contributed by atoms with Crippen LogP contribution in [0.15, 0.2) is 17.5 Å². The van der Waals surface area contributed by atoms with Crippen molar-refractivity contribution < 1.29 is 0 Å². The van der Waals surface area contributed by atoms with E-state index in [0.29, 0.717) is 11.7 Å². The summed E-state index contributed by atoms with van der Waals surface area (Å²) in [6.07, 6.45) is 1.87. The van der Waals surface area contributed by atoms with Crippen molar-refractivity contribution in [1.29, 1.82) is 0 Å². The number of nitrogens with zero attached hydrogens (tertiary/aromatic N) is 1. The summed E-state index contributed by atoms with van der Waals surface area (Å²) in [6.45, 7) is 0.402. The molecule has 0 aliphatic heterocycles. The van der Waals surface area contributed by atoms with E-state index >= 15 is 0 Å². The second kappa shape index (κ2) is 4.79. The van der Waals surface area contributed by atoms with Crippen molar-refractivity contribution in [1.82, 2.24) is 9.97 Å². The highest BCUT2D eigenvalue weighted by Gasteiger charge is 2.07. The van der Waals surface area contributed by atoms with Crippen LogP contribution in [0, 0.1) is 0 Å². The normalized spacial score (nSPS) is 10.8. The third-order valence-electron chi connectivity index (χ3n) is 2.17. The van der Waals surface area contributed by atoms with Crippen LogP contribution in [0.5, 0.6) is 0 Å². The molecule has 0 saturated carbocycles. The van der Waals surface area contributed by atoms with Gasteiger partial charge in [0.25, 0.3) is 0 Å². The molecule has 2 aromatic heterocycles. The average molecular weight is 242 g/mol. The van der Waals surface area contributed by atoms with Crippen molar-refractivity contribution in [3.8, 4) is 0 Å². The Kier molecular flexibility index (Phi) is 3.41. The van der Waals surface area contributed by atoms with Gasteiger partial charge in [0.15, 0.2) is 0 Å². The molecule has 0 aliphatic rings. The van der Waals surface area contributed by atoms with E-state index in [2.05, 4.69) is 27.5 Å². The summed E-state index contributed by atoms with van der Waals surface area (Å²) < 4.78 is 0. The molecule has 0 spiro atoms. The van der Waals surface area contributed by atoms with Gasteiger partial charge in [-0.3, -0.25) is 0 Å². The van der Waals surface area contributed by atoms with Crippen molar-refractivity contribution in [3.05, 3.63) is 39.1 Å². The first kappa shape index (κ1) is 10.7. The number of hydrogen-bond acceptors (Lipinski definition) is 3. The van der Waals surface area contributed by atoms with Crippen molar-refractivity contribution in [2.24, 2.45) is 5.73 Å². The molecular weight excluding hydrogens is 230 g/mol. The maximum atomic E-state index is 5.97. The van der Waals surface area contributed by atoms with Crippen molar-refractivity contribution in [2.45, 2.75) is 19.4 Å². The largest absolute Gasteiger partial charge is 0.343 e. The van der Waals surface area contributed by atoms with Gasteiger partial charge in [0, 0.05) is 4.88 Å². The molecule has 3 nitrogen and oxygen atoms in total. The van der Waals surface area contributed by atoms with Crippen LogP contribution in [0.25, 0.3) is 0 Å². The number of thiophene rings is 1. The summed E-state index contributed by atoms with van der Waals surface area (Å²) in [4.78, 5) is 8.60. The fourth-order valence-corrected chi connectivity index (χ4v) is 2.36. The van der Waals surface area contributed by atoms with Gasteiger partial charge in [-0.2, -0.15) is 0 Å². The van der Waals surface area contributed by atoms with Crippen LogP contribution >= 0.6 is 22.9 Å². The number of aromatic amines is 1. The summed E-state index contributed by atoms with van der Waals surface area (Å²) in [5.41, 5.74) is 6.45. The standard InChI is InChI=1S/C10H12ClN3S/c11-10-8(13-9(6-12)14-10)4-3-7-2-1-5-15-7/h1-2,5H,3-4,6,12H2,(H,13,14). The summed E-state index contributed by atoms with van der Waals surface area (Å²) in [5, 5.41) is 2.63. The van der Waals surface area contributed by atoms with Gasteiger partial charge in [0.05, 0.1) is 12.2 Å². The van der Waals surface area contributed by atoms with Crippen LogP contribution < -0.4 is 5.73 Å². The predicted molar refractivity (Wildman–Crippen MR) is 63.2 cm³/mol. The fourth-order valence-electron chi connectivity index (χ4n) is 1.41. The van der Waals surface area contributed by atoms with Gasteiger partial charge >= 0.3 is 0 Å². The SMILES string of the molecule is NCc1nc(Cl)c(CCc2cccs2)[nH]1. The minimum atomic E-state index is 0.402. The Morgan fingerprint density at radius 2 is 2.33 bits per heavy atom. The quantitative estimate of drug-likeness (QED) is 0.864. The van der Waals surface area contributed by atoms with Crippen LogP contribution in [-0.2, 0) is 19.4 Å². The lowest BCUT2D eigenvalue weighted by Crippen LogP contribution is -1.98. The zero-order valence-corrected chi connectivity index (χ0v) is 9.74. The molecule has 2 rings (SSSR count). The van der Waals surface area contributed by atoms with E-state index in [9.17, 15) is 0 Å². The molecule has 0 radical (unpaired) electrons. The number of aromatic nitrogens is 2. The lowest BCUT2D eigenvalue weighted by Gasteiger charge is -1.96.